The molecule has 0 aliphatic heterocycles. The summed E-state index contributed by atoms with van der Waals surface area (Å²) < 4.78 is 2.40. The van der Waals surface area contributed by atoms with Gasteiger partial charge < -0.3 is 9.47 Å². The third-order valence-corrected chi connectivity index (χ3v) is 10.1. The number of rotatable bonds is 12. The Morgan fingerprint density at radius 2 is 1.32 bits per heavy atom. The van der Waals surface area contributed by atoms with E-state index in [9.17, 15) is 5.26 Å². The Balaban J connectivity index is 1.44. The van der Waals surface area contributed by atoms with Crippen LogP contribution in [-0.4, -0.2) is 9.55 Å². The summed E-state index contributed by atoms with van der Waals surface area (Å²) in [7, 11) is 0. The molecule has 0 fully saturated rings. The van der Waals surface area contributed by atoms with Crippen molar-refractivity contribution in [2.24, 2.45) is 0 Å². The van der Waals surface area contributed by atoms with Gasteiger partial charge in [0.15, 0.2) is 0 Å². The standard InChI is InChI=1S/C45H52N4S/c1-9-10-11-12-29-48-37(27-28-42(48)43-47-32-41(50-43)30-33(2)31-46)20-13-34-14-21-38(22-15-34)49(39-23-16-35(17-24-39)44(3,4)5)40-25-18-36(19-26-40)45(6,7)8/h13-28,30,32H,9-12,29H2,1-8H3/b20-13+,33-30-. The molecule has 0 unspecified atom stereocenters. The number of unbranched alkanes of at least 4 members (excludes halogenated alkanes) is 3. The van der Waals surface area contributed by atoms with Crippen molar-refractivity contribution in [3.8, 4) is 16.8 Å². The van der Waals surface area contributed by atoms with Crippen molar-refractivity contribution < 1.29 is 0 Å². The van der Waals surface area contributed by atoms with Gasteiger partial charge in [-0.15, -0.1) is 11.3 Å². The van der Waals surface area contributed by atoms with Crippen LogP contribution in [0.2, 0.25) is 0 Å². The minimum Gasteiger partial charge on any atom is -0.339 e. The summed E-state index contributed by atoms with van der Waals surface area (Å²) in [4.78, 5) is 8.08. The number of hydrogen-bond donors (Lipinski definition) is 0. The average Bonchev–Trinajstić information content (AvgIpc) is 3.72. The van der Waals surface area contributed by atoms with E-state index in [0.29, 0.717) is 5.57 Å². The van der Waals surface area contributed by atoms with Crippen molar-refractivity contribution in [3.63, 3.8) is 0 Å². The minimum absolute atomic E-state index is 0.0968. The highest BCUT2D eigenvalue weighted by Crippen LogP contribution is 2.37. The molecule has 0 amide bonds. The molecule has 5 rings (SSSR count). The van der Waals surface area contributed by atoms with E-state index >= 15 is 0 Å². The molecule has 50 heavy (non-hydrogen) atoms. The highest BCUT2D eigenvalue weighted by atomic mass is 32.1. The van der Waals surface area contributed by atoms with Gasteiger partial charge in [0.2, 0.25) is 0 Å². The van der Waals surface area contributed by atoms with Gasteiger partial charge >= 0.3 is 0 Å². The van der Waals surface area contributed by atoms with Gasteiger partial charge in [-0.05, 0) is 102 Å². The van der Waals surface area contributed by atoms with Crippen LogP contribution < -0.4 is 4.90 Å². The predicted octanol–water partition coefficient (Wildman–Crippen LogP) is 13.4. The van der Waals surface area contributed by atoms with Gasteiger partial charge in [0.05, 0.1) is 11.8 Å². The second-order valence-corrected chi connectivity index (χ2v) is 16.3. The molecule has 0 N–H and O–H groups in total. The maximum atomic E-state index is 9.23. The lowest BCUT2D eigenvalue weighted by Gasteiger charge is -2.28. The molecule has 2 heterocycles. The molecule has 2 aromatic heterocycles. The van der Waals surface area contributed by atoms with Crippen LogP contribution in [0, 0.1) is 11.3 Å². The van der Waals surface area contributed by atoms with E-state index < -0.39 is 0 Å². The summed E-state index contributed by atoms with van der Waals surface area (Å²) in [5.74, 6) is 0. The van der Waals surface area contributed by atoms with Crippen molar-refractivity contribution in [1.29, 1.82) is 5.26 Å². The normalized spacial score (nSPS) is 12.4. The summed E-state index contributed by atoms with van der Waals surface area (Å²) in [6.07, 6.45) is 13.0. The van der Waals surface area contributed by atoms with E-state index in [-0.39, 0.29) is 10.8 Å². The maximum absolute atomic E-state index is 9.23. The molecule has 258 valence electrons. The fraction of sp³-hybridized carbons (Fsp3) is 0.333. The Bertz CT molecular complexity index is 1890. The number of nitriles is 1. The Hall–Kier alpha value is -4.66. The molecule has 0 atom stereocenters. The number of hydrogen-bond acceptors (Lipinski definition) is 4. The summed E-state index contributed by atoms with van der Waals surface area (Å²) >= 11 is 1.63. The van der Waals surface area contributed by atoms with Crippen molar-refractivity contribution >= 4 is 46.6 Å². The molecule has 4 nitrogen and oxygen atoms in total. The van der Waals surface area contributed by atoms with Crippen LogP contribution in [0.3, 0.4) is 0 Å². The van der Waals surface area contributed by atoms with Gasteiger partial charge in [0.1, 0.15) is 5.01 Å². The summed E-state index contributed by atoms with van der Waals surface area (Å²) in [5, 5.41) is 10.2. The van der Waals surface area contributed by atoms with Crippen molar-refractivity contribution in [2.75, 3.05) is 4.90 Å². The van der Waals surface area contributed by atoms with Crippen LogP contribution in [0.15, 0.2) is 96.7 Å². The molecular weight excluding hydrogens is 629 g/mol. The molecule has 0 aliphatic rings. The minimum atomic E-state index is 0.0968. The molecule has 5 heteroatoms. The molecule has 0 spiro atoms. The Labute approximate surface area is 304 Å². The number of aromatic nitrogens is 2. The van der Waals surface area contributed by atoms with Gasteiger partial charge in [-0.25, -0.2) is 4.98 Å². The molecule has 0 aliphatic carbocycles. The summed E-state index contributed by atoms with van der Waals surface area (Å²) in [6.45, 7) is 18.6. The lowest BCUT2D eigenvalue weighted by molar-refractivity contribution is 0.585. The topological polar surface area (TPSA) is 44.9 Å². The first kappa shape index (κ1) is 36.6. The number of benzene rings is 3. The van der Waals surface area contributed by atoms with Crippen LogP contribution in [-0.2, 0) is 17.4 Å². The molecule has 0 saturated heterocycles. The average molecular weight is 681 g/mol. The van der Waals surface area contributed by atoms with Crippen LogP contribution in [0.1, 0.15) is 108 Å². The SMILES string of the molecule is CCCCCCn1c(/C=C/c2ccc(N(c3ccc(C(C)(C)C)cc3)c3ccc(C(C)(C)C)cc3)cc2)ccc1-c1ncc(/C=C(/C)C#N)s1. The first-order valence-corrected chi connectivity index (χ1v) is 18.7. The Kier molecular flexibility index (Phi) is 11.7. The predicted molar refractivity (Wildman–Crippen MR) is 216 cm³/mol. The molecule has 0 saturated carbocycles. The van der Waals surface area contributed by atoms with Crippen LogP contribution in [0.25, 0.3) is 28.9 Å². The molecular formula is C45H52N4S. The van der Waals surface area contributed by atoms with Gasteiger partial charge in [-0.1, -0.05) is 110 Å². The van der Waals surface area contributed by atoms with Gasteiger partial charge in [0.25, 0.3) is 0 Å². The molecule has 0 bridgehead atoms. The second kappa shape index (κ2) is 15.9. The molecule has 0 radical (unpaired) electrons. The first-order valence-electron chi connectivity index (χ1n) is 17.9. The second-order valence-electron chi connectivity index (χ2n) is 15.2. The fourth-order valence-corrected chi connectivity index (χ4v) is 7.02. The first-order chi connectivity index (χ1) is 23.9. The van der Waals surface area contributed by atoms with E-state index in [0.717, 1.165) is 51.2 Å². The third-order valence-electron chi connectivity index (χ3n) is 9.11. The van der Waals surface area contributed by atoms with Gasteiger partial charge in [0, 0.05) is 45.9 Å². The summed E-state index contributed by atoms with van der Waals surface area (Å²) in [6, 6.07) is 33.4. The van der Waals surface area contributed by atoms with Crippen molar-refractivity contribution in [3.05, 3.63) is 124 Å². The highest BCUT2D eigenvalue weighted by Gasteiger charge is 2.19. The van der Waals surface area contributed by atoms with Gasteiger partial charge in [-0.2, -0.15) is 5.26 Å². The van der Waals surface area contributed by atoms with Crippen LogP contribution in [0.5, 0.6) is 0 Å². The highest BCUT2D eigenvalue weighted by molar-refractivity contribution is 7.15. The smallest absolute Gasteiger partial charge is 0.140 e. The molecule has 5 aromatic rings. The van der Waals surface area contributed by atoms with Gasteiger partial charge in [-0.3, -0.25) is 0 Å². The lowest BCUT2D eigenvalue weighted by Crippen LogP contribution is -2.14. The number of thiazole rings is 1. The summed E-state index contributed by atoms with van der Waals surface area (Å²) in [5.41, 5.74) is 10.4. The Morgan fingerprint density at radius 3 is 1.84 bits per heavy atom. The maximum Gasteiger partial charge on any atom is 0.140 e. The fourth-order valence-electron chi connectivity index (χ4n) is 6.06. The number of nitrogens with zero attached hydrogens (tertiary/aromatic N) is 4. The van der Waals surface area contributed by atoms with E-state index in [1.165, 1.54) is 36.1 Å². The Morgan fingerprint density at radius 1 is 0.760 bits per heavy atom. The van der Waals surface area contributed by atoms with Crippen LogP contribution in [0.4, 0.5) is 17.1 Å². The third kappa shape index (κ3) is 9.11. The van der Waals surface area contributed by atoms with Crippen molar-refractivity contribution in [1.82, 2.24) is 9.55 Å². The zero-order valence-electron chi connectivity index (χ0n) is 31.1. The number of allylic oxidation sites excluding steroid dienone is 1. The van der Waals surface area contributed by atoms with E-state index in [2.05, 4.69) is 161 Å². The molecule has 3 aromatic carbocycles. The lowest BCUT2D eigenvalue weighted by atomic mass is 9.86. The zero-order chi connectivity index (χ0) is 35.9. The monoisotopic (exact) mass is 680 g/mol. The quantitative estimate of drug-likeness (QED) is 0.0973. The largest absolute Gasteiger partial charge is 0.339 e. The van der Waals surface area contributed by atoms with E-state index in [4.69, 9.17) is 4.98 Å². The van der Waals surface area contributed by atoms with Crippen molar-refractivity contribution in [2.45, 2.75) is 98.4 Å². The van der Waals surface area contributed by atoms with Crippen LogP contribution >= 0.6 is 11.3 Å². The van der Waals surface area contributed by atoms with E-state index in [1.54, 1.807) is 11.3 Å². The number of anilines is 3. The van der Waals surface area contributed by atoms with E-state index in [1.807, 2.05) is 19.2 Å². The zero-order valence-corrected chi connectivity index (χ0v) is 31.9.